The lowest BCUT2D eigenvalue weighted by atomic mass is 9.80. The van der Waals surface area contributed by atoms with Crippen LogP contribution in [0.1, 0.15) is 63.5 Å². The van der Waals surface area contributed by atoms with Gasteiger partial charge in [-0.3, -0.25) is 4.90 Å². The lowest BCUT2D eigenvalue weighted by molar-refractivity contribution is 0.118. The molecule has 1 aliphatic carbocycles. The van der Waals surface area contributed by atoms with Crippen molar-refractivity contribution in [1.82, 2.24) is 9.80 Å². The standard InChI is InChI=1S/C27H35N3O4/c1-18-9-14-22(34-18)17-30(21-7-5-6-8-21)25(31)28-20-12-10-19(11-13-20)23-15-16-29(26(32)33)24(23)27(2,3)4/h9-15,21,24H,5-8,16-17H2,1-4H3,(H,28,31)(H,32,33). The topological polar surface area (TPSA) is 86.0 Å². The van der Waals surface area contributed by atoms with E-state index >= 15 is 0 Å². The average molecular weight is 466 g/mol. The van der Waals surface area contributed by atoms with Gasteiger partial charge in [-0.25, -0.2) is 9.59 Å². The number of aryl methyl sites for hydroxylation is 1. The van der Waals surface area contributed by atoms with Crippen molar-refractivity contribution in [2.45, 2.75) is 72.0 Å². The molecule has 7 nitrogen and oxygen atoms in total. The predicted molar refractivity (Wildman–Crippen MR) is 133 cm³/mol. The molecule has 1 aromatic carbocycles. The summed E-state index contributed by atoms with van der Waals surface area (Å²) in [5.74, 6) is 1.63. The molecule has 2 aliphatic rings. The second kappa shape index (κ2) is 9.57. The van der Waals surface area contributed by atoms with Gasteiger partial charge in [0.1, 0.15) is 11.5 Å². The highest BCUT2D eigenvalue weighted by atomic mass is 16.4. The zero-order valence-corrected chi connectivity index (χ0v) is 20.5. The van der Waals surface area contributed by atoms with Gasteiger partial charge in [-0.1, -0.05) is 51.8 Å². The Balaban J connectivity index is 1.48. The van der Waals surface area contributed by atoms with Crippen molar-refractivity contribution in [2.75, 3.05) is 11.9 Å². The third-order valence-corrected chi connectivity index (χ3v) is 6.80. The van der Waals surface area contributed by atoms with Crippen molar-refractivity contribution in [1.29, 1.82) is 0 Å². The molecule has 1 atom stereocenters. The largest absolute Gasteiger partial charge is 0.465 e. The fraction of sp³-hybridized carbons (Fsp3) is 0.481. The molecule has 1 aromatic heterocycles. The van der Waals surface area contributed by atoms with E-state index in [9.17, 15) is 14.7 Å². The van der Waals surface area contributed by atoms with Crippen LogP contribution in [-0.2, 0) is 6.54 Å². The molecule has 182 valence electrons. The number of benzene rings is 1. The molecule has 3 amide bonds. The number of hydrogen-bond acceptors (Lipinski definition) is 3. The van der Waals surface area contributed by atoms with Crippen LogP contribution in [0.3, 0.4) is 0 Å². The summed E-state index contributed by atoms with van der Waals surface area (Å²) < 4.78 is 5.74. The van der Waals surface area contributed by atoms with Crippen LogP contribution in [0.4, 0.5) is 15.3 Å². The van der Waals surface area contributed by atoms with Crippen LogP contribution in [0, 0.1) is 12.3 Å². The molecule has 0 radical (unpaired) electrons. The smallest absolute Gasteiger partial charge is 0.408 e. The first-order valence-corrected chi connectivity index (χ1v) is 12.1. The lowest BCUT2D eigenvalue weighted by Gasteiger charge is -2.36. The SMILES string of the molecule is Cc1ccc(CN(C(=O)Nc2ccc(C3=CCN(C(=O)O)C3C(C)(C)C)cc2)C2CCCC2)o1. The zero-order valence-electron chi connectivity index (χ0n) is 20.5. The molecular weight excluding hydrogens is 430 g/mol. The van der Waals surface area contributed by atoms with Crippen molar-refractivity contribution in [3.63, 3.8) is 0 Å². The maximum absolute atomic E-state index is 13.2. The van der Waals surface area contributed by atoms with Gasteiger partial charge < -0.3 is 19.7 Å². The van der Waals surface area contributed by atoms with Gasteiger partial charge in [0.15, 0.2) is 0 Å². The van der Waals surface area contributed by atoms with Gasteiger partial charge >= 0.3 is 12.1 Å². The lowest BCUT2D eigenvalue weighted by Crippen LogP contribution is -2.44. The van der Waals surface area contributed by atoms with E-state index in [0.717, 1.165) is 48.3 Å². The maximum Gasteiger partial charge on any atom is 0.408 e. The summed E-state index contributed by atoms with van der Waals surface area (Å²) in [6, 6.07) is 11.4. The van der Waals surface area contributed by atoms with Gasteiger partial charge in [0.05, 0.1) is 12.6 Å². The van der Waals surface area contributed by atoms with Crippen molar-refractivity contribution in [2.24, 2.45) is 5.41 Å². The van der Waals surface area contributed by atoms with Crippen LogP contribution >= 0.6 is 0 Å². The molecule has 2 N–H and O–H groups in total. The summed E-state index contributed by atoms with van der Waals surface area (Å²) >= 11 is 0. The van der Waals surface area contributed by atoms with E-state index in [1.165, 1.54) is 4.90 Å². The Morgan fingerprint density at radius 1 is 1.12 bits per heavy atom. The van der Waals surface area contributed by atoms with E-state index in [0.29, 0.717) is 18.8 Å². The summed E-state index contributed by atoms with van der Waals surface area (Å²) in [4.78, 5) is 28.4. The summed E-state index contributed by atoms with van der Waals surface area (Å²) in [7, 11) is 0. The van der Waals surface area contributed by atoms with E-state index < -0.39 is 6.09 Å². The number of furan rings is 1. The van der Waals surface area contributed by atoms with Gasteiger partial charge in [0, 0.05) is 18.3 Å². The molecule has 0 bridgehead atoms. The first-order valence-electron chi connectivity index (χ1n) is 12.1. The maximum atomic E-state index is 13.2. The number of rotatable bonds is 5. The summed E-state index contributed by atoms with van der Waals surface area (Å²) in [6.07, 6.45) is 5.37. The molecule has 2 heterocycles. The minimum Gasteiger partial charge on any atom is -0.465 e. The molecular formula is C27H35N3O4. The Labute approximate surface area is 201 Å². The van der Waals surface area contributed by atoms with Crippen LogP contribution in [0.2, 0.25) is 0 Å². The molecule has 1 unspecified atom stereocenters. The molecule has 1 aliphatic heterocycles. The van der Waals surface area contributed by atoms with Crippen LogP contribution in [0.15, 0.2) is 46.9 Å². The molecule has 4 rings (SSSR count). The van der Waals surface area contributed by atoms with Gasteiger partial charge in [-0.05, 0) is 60.6 Å². The number of amides is 3. The minimum absolute atomic E-state index is 0.126. The Hall–Kier alpha value is -3.22. The van der Waals surface area contributed by atoms with E-state index in [1.807, 2.05) is 54.3 Å². The normalized spacial score (nSPS) is 18.8. The fourth-order valence-electron chi connectivity index (χ4n) is 5.24. The number of nitrogens with one attached hydrogen (secondary N) is 1. The third kappa shape index (κ3) is 5.13. The highest BCUT2D eigenvalue weighted by molar-refractivity contribution is 5.90. The highest BCUT2D eigenvalue weighted by Crippen LogP contribution is 2.39. The Morgan fingerprint density at radius 2 is 1.79 bits per heavy atom. The summed E-state index contributed by atoms with van der Waals surface area (Å²) in [5.41, 5.74) is 2.46. The van der Waals surface area contributed by atoms with Crippen molar-refractivity contribution < 1.29 is 19.1 Å². The number of anilines is 1. The van der Waals surface area contributed by atoms with Crippen molar-refractivity contribution in [3.8, 4) is 0 Å². The van der Waals surface area contributed by atoms with Gasteiger partial charge in [-0.2, -0.15) is 0 Å². The molecule has 1 saturated carbocycles. The summed E-state index contributed by atoms with van der Waals surface area (Å²) in [6.45, 7) is 8.91. The highest BCUT2D eigenvalue weighted by Gasteiger charge is 2.39. The molecule has 0 spiro atoms. The van der Waals surface area contributed by atoms with Crippen LogP contribution < -0.4 is 5.32 Å². The number of carbonyl (C=O) groups is 2. The number of hydrogen-bond donors (Lipinski definition) is 2. The second-order valence-corrected chi connectivity index (χ2v) is 10.4. The Kier molecular flexibility index (Phi) is 6.73. The minimum atomic E-state index is -0.909. The fourth-order valence-corrected chi connectivity index (χ4v) is 5.24. The first kappa shape index (κ1) is 23.9. The Bertz CT molecular complexity index is 1060. The van der Waals surface area contributed by atoms with Crippen molar-refractivity contribution in [3.05, 3.63) is 59.6 Å². The molecule has 0 saturated heterocycles. The average Bonchev–Trinajstić information content (AvgIpc) is 3.52. The molecule has 1 fully saturated rings. The first-order chi connectivity index (χ1) is 16.1. The predicted octanol–water partition coefficient (Wildman–Crippen LogP) is 6.36. The van der Waals surface area contributed by atoms with Gasteiger partial charge in [0.2, 0.25) is 0 Å². The molecule has 34 heavy (non-hydrogen) atoms. The van der Waals surface area contributed by atoms with Crippen molar-refractivity contribution >= 4 is 23.4 Å². The van der Waals surface area contributed by atoms with E-state index in [2.05, 4.69) is 26.1 Å². The van der Waals surface area contributed by atoms with Gasteiger partial charge in [-0.15, -0.1) is 0 Å². The Morgan fingerprint density at radius 3 is 2.35 bits per heavy atom. The monoisotopic (exact) mass is 465 g/mol. The van der Waals surface area contributed by atoms with Crippen LogP contribution in [0.5, 0.6) is 0 Å². The molecule has 7 heteroatoms. The van der Waals surface area contributed by atoms with E-state index in [1.54, 1.807) is 0 Å². The number of carbonyl (C=O) groups excluding carboxylic acids is 1. The second-order valence-electron chi connectivity index (χ2n) is 10.4. The molecule has 2 aromatic rings. The third-order valence-electron chi connectivity index (χ3n) is 6.80. The van der Waals surface area contributed by atoms with Gasteiger partial charge in [0.25, 0.3) is 0 Å². The van der Waals surface area contributed by atoms with E-state index in [-0.39, 0.29) is 23.5 Å². The summed E-state index contributed by atoms with van der Waals surface area (Å²) in [5, 5.41) is 12.7. The van der Waals surface area contributed by atoms with Crippen LogP contribution in [0.25, 0.3) is 5.57 Å². The van der Waals surface area contributed by atoms with Crippen LogP contribution in [-0.4, -0.2) is 45.7 Å². The number of urea groups is 1. The number of carboxylic acid groups (broad SMARTS) is 1. The quantitative estimate of drug-likeness (QED) is 0.538. The van der Waals surface area contributed by atoms with E-state index in [4.69, 9.17) is 4.42 Å². The zero-order chi connectivity index (χ0) is 24.5. The number of nitrogens with zero attached hydrogens (tertiary/aromatic N) is 2.